The predicted octanol–water partition coefficient (Wildman–Crippen LogP) is 4.22. The number of hydrogen-bond acceptors (Lipinski definition) is 7. The van der Waals surface area contributed by atoms with E-state index in [2.05, 4.69) is 20.1 Å². The van der Waals surface area contributed by atoms with Gasteiger partial charge in [0.1, 0.15) is 5.82 Å². The van der Waals surface area contributed by atoms with Gasteiger partial charge in [-0.05, 0) is 62.4 Å². The minimum Gasteiger partial charge on any atom is -0.356 e. The number of piperidine rings is 1. The lowest BCUT2D eigenvalue weighted by atomic mass is 10.1. The fourth-order valence-electron chi connectivity index (χ4n) is 5.73. The molecule has 8 nitrogen and oxygen atoms in total. The van der Waals surface area contributed by atoms with E-state index in [4.69, 9.17) is 4.98 Å². The number of nitrogens with one attached hydrogen (secondary N) is 1. The highest BCUT2D eigenvalue weighted by atomic mass is 32.2. The van der Waals surface area contributed by atoms with Gasteiger partial charge in [-0.2, -0.15) is 22.5 Å². The molecule has 3 aliphatic heterocycles. The van der Waals surface area contributed by atoms with Gasteiger partial charge in [0.05, 0.1) is 10.5 Å². The van der Waals surface area contributed by atoms with Crippen LogP contribution in [0.3, 0.4) is 0 Å². The lowest BCUT2D eigenvalue weighted by molar-refractivity contribution is -0.137. The number of alkyl halides is 3. The van der Waals surface area contributed by atoms with E-state index in [0.717, 1.165) is 62.7 Å². The Labute approximate surface area is 222 Å². The normalized spacial score (nSPS) is 22.9. The van der Waals surface area contributed by atoms with Crippen LogP contribution < -0.4 is 10.2 Å². The van der Waals surface area contributed by atoms with Gasteiger partial charge < -0.3 is 10.2 Å². The Morgan fingerprint density at radius 2 is 1.55 bits per heavy atom. The van der Waals surface area contributed by atoms with Crippen molar-refractivity contribution >= 4 is 21.8 Å². The minimum atomic E-state index is -4.50. The first-order chi connectivity index (χ1) is 18.2. The second-order valence-electron chi connectivity index (χ2n) is 10.4. The number of rotatable bonds is 6. The Bertz CT molecular complexity index is 1180. The van der Waals surface area contributed by atoms with Crippen molar-refractivity contribution < 1.29 is 21.6 Å². The number of hydrogen-bond donors (Lipinski definition) is 1. The Morgan fingerprint density at radius 3 is 2.21 bits per heavy atom. The zero-order valence-corrected chi connectivity index (χ0v) is 22.2. The maximum Gasteiger partial charge on any atom is 0.416 e. The monoisotopic (exact) mass is 552 g/mol. The number of halogens is 3. The molecule has 0 radical (unpaired) electrons. The first-order valence-corrected chi connectivity index (χ1v) is 14.9. The van der Waals surface area contributed by atoms with Crippen LogP contribution in [-0.2, 0) is 16.2 Å². The van der Waals surface area contributed by atoms with Gasteiger partial charge in [-0.1, -0.05) is 12.8 Å². The van der Waals surface area contributed by atoms with Gasteiger partial charge in [-0.3, -0.25) is 4.90 Å². The Morgan fingerprint density at radius 1 is 0.868 bits per heavy atom. The van der Waals surface area contributed by atoms with E-state index in [9.17, 15) is 21.6 Å². The lowest BCUT2D eigenvalue weighted by Gasteiger charge is -2.36. The second kappa shape index (κ2) is 11.4. The summed E-state index contributed by atoms with van der Waals surface area (Å²) in [5, 5.41) is 3.50. The van der Waals surface area contributed by atoms with Crippen LogP contribution >= 0.6 is 0 Å². The number of anilines is 2. The number of benzene rings is 1. The van der Waals surface area contributed by atoms with Gasteiger partial charge in [0.25, 0.3) is 0 Å². The molecule has 2 aromatic rings. The molecule has 1 atom stereocenters. The van der Waals surface area contributed by atoms with Crippen LogP contribution in [0, 0.1) is 0 Å². The van der Waals surface area contributed by atoms with Gasteiger partial charge in [-0.15, -0.1) is 0 Å². The second-order valence-corrected chi connectivity index (χ2v) is 12.4. The fraction of sp³-hybridized carbons (Fsp3) is 0.615. The molecule has 38 heavy (non-hydrogen) atoms. The van der Waals surface area contributed by atoms with E-state index in [1.165, 1.54) is 30.0 Å². The van der Waals surface area contributed by atoms with Crippen LogP contribution in [0.2, 0.25) is 0 Å². The van der Waals surface area contributed by atoms with Crippen molar-refractivity contribution in [1.29, 1.82) is 0 Å². The molecule has 5 rings (SSSR count). The maximum absolute atomic E-state index is 13.0. The highest BCUT2D eigenvalue weighted by Gasteiger charge is 2.36. The van der Waals surface area contributed by atoms with E-state index in [1.54, 1.807) is 0 Å². The van der Waals surface area contributed by atoms with Gasteiger partial charge in [0, 0.05) is 57.5 Å². The van der Waals surface area contributed by atoms with Crippen molar-refractivity contribution in [1.82, 2.24) is 19.2 Å². The van der Waals surface area contributed by atoms with Crippen LogP contribution in [0.1, 0.15) is 50.5 Å². The van der Waals surface area contributed by atoms with Crippen molar-refractivity contribution in [2.45, 2.75) is 68.1 Å². The van der Waals surface area contributed by atoms with Crippen LogP contribution in [0.4, 0.5) is 24.9 Å². The summed E-state index contributed by atoms with van der Waals surface area (Å²) in [6.45, 7) is 4.52. The smallest absolute Gasteiger partial charge is 0.356 e. The summed E-state index contributed by atoms with van der Waals surface area (Å²) >= 11 is 0. The standard InChI is InChI=1S/C26H35F3N6O2S/c27-26(28,29)20-5-7-23(8-6-20)38(36,37)35-17-11-22(12-18-35)34-16-10-21(19-34)31-25-30-13-9-24(32-25)33-14-3-1-2-4-15-33/h5-9,13,21-22H,1-4,10-12,14-19H2,(H,30,31,32). The molecule has 1 N–H and O–H groups in total. The molecule has 0 aliphatic carbocycles. The third-order valence-corrected chi connectivity index (χ3v) is 9.80. The Kier molecular flexibility index (Phi) is 8.11. The summed E-state index contributed by atoms with van der Waals surface area (Å²) < 4.78 is 65.9. The van der Waals surface area contributed by atoms with Crippen LogP contribution in [0.25, 0.3) is 0 Å². The van der Waals surface area contributed by atoms with E-state index < -0.39 is 21.8 Å². The van der Waals surface area contributed by atoms with Crippen molar-refractivity contribution in [3.63, 3.8) is 0 Å². The molecule has 0 saturated carbocycles. The molecule has 12 heteroatoms. The number of nitrogens with zero attached hydrogens (tertiary/aromatic N) is 5. The fourth-order valence-corrected chi connectivity index (χ4v) is 7.20. The predicted molar refractivity (Wildman–Crippen MR) is 140 cm³/mol. The van der Waals surface area contributed by atoms with Crippen LogP contribution in [-0.4, -0.2) is 78.9 Å². The Balaban J connectivity index is 1.13. The molecular formula is C26H35F3N6O2S. The summed E-state index contributed by atoms with van der Waals surface area (Å²) in [6.07, 6.45) is 4.57. The van der Waals surface area contributed by atoms with Crippen LogP contribution in [0.15, 0.2) is 41.4 Å². The molecular weight excluding hydrogens is 517 g/mol. The zero-order valence-electron chi connectivity index (χ0n) is 21.4. The molecule has 4 heterocycles. The molecule has 1 aromatic heterocycles. The molecule has 0 bridgehead atoms. The van der Waals surface area contributed by atoms with E-state index >= 15 is 0 Å². The quantitative estimate of drug-likeness (QED) is 0.575. The average Bonchev–Trinajstić information content (AvgIpc) is 3.20. The van der Waals surface area contributed by atoms with E-state index in [-0.39, 0.29) is 17.0 Å². The van der Waals surface area contributed by atoms with Crippen molar-refractivity contribution in [2.75, 3.05) is 49.5 Å². The van der Waals surface area contributed by atoms with E-state index in [0.29, 0.717) is 31.9 Å². The summed E-state index contributed by atoms with van der Waals surface area (Å²) in [4.78, 5) is 13.9. The molecule has 208 valence electrons. The maximum atomic E-state index is 13.0. The van der Waals surface area contributed by atoms with E-state index in [1.807, 2.05) is 12.3 Å². The van der Waals surface area contributed by atoms with Gasteiger partial charge in [0.15, 0.2) is 0 Å². The third-order valence-electron chi connectivity index (χ3n) is 7.88. The van der Waals surface area contributed by atoms with Crippen molar-refractivity contribution in [3.8, 4) is 0 Å². The first kappa shape index (κ1) is 27.1. The van der Waals surface area contributed by atoms with Gasteiger partial charge in [-0.25, -0.2) is 13.4 Å². The average molecular weight is 553 g/mol. The van der Waals surface area contributed by atoms with Gasteiger partial charge >= 0.3 is 6.18 Å². The number of likely N-dealkylation sites (tertiary alicyclic amines) is 1. The minimum absolute atomic E-state index is 0.100. The molecule has 1 unspecified atom stereocenters. The molecule has 3 fully saturated rings. The highest BCUT2D eigenvalue weighted by Crippen LogP contribution is 2.31. The number of sulfonamides is 1. The summed E-state index contributed by atoms with van der Waals surface area (Å²) in [5.74, 6) is 1.62. The topological polar surface area (TPSA) is 81.7 Å². The summed E-state index contributed by atoms with van der Waals surface area (Å²) in [7, 11) is -3.82. The van der Waals surface area contributed by atoms with Crippen molar-refractivity contribution in [3.05, 3.63) is 42.1 Å². The highest BCUT2D eigenvalue weighted by molar-refractivity contribution is 7.89. The van der Waals surface area contributed by atoms with Gasteiger partial charge in [0.2, 0.25) is 16.0 Å². The molecule has 3 saturated heterocycles. The Hall–Kier alpha value is -2.44. The largest absolute Gasteiger partial charge is 0.416 e. The third kappa shape index (κ3) is 6.23. The van der Waals surface area contributed by atoms with Crippen molar-refractivity contribution in [2.24, 2.45) is 0 Å². The molecule has 3 aliphatic rings. The first-order valence-electron chi connectivity index (χ1n) is 13.5. The summed E-state index contributed by atoms with van der Waals surface area (Å²) in [5.41, 5.74) is -0.855. The SMILES string of the molecule is O=S(=O)(c1ccc(C(F)(F)F)cc1)N1CCC(N2CCC(Nc3nccc(N4CCCCCC4)n3)C2)CC1. The lowest BCUT2D eigenvalue weighted by Crippen LogP contribution is -2.46. The number of aromatic nitrogens is 2. The molecule has 0 spiro atoms. The summed E-state index contributed by atoms with van der Waals surface area (Å²) in [6, 6.07) is 6.21. The van der Waals surface area contributed by atoms with Crippen LogP contribution in [0.5, 0.6) is 0 Å². The zero-order chi connectivity index (χ0) is 26.8. The molecule has 0 amide bonds. The molecule has 1 aromatic carbocycles.